The van der Waals surface area contributed by atoms with Gasteiger partial charge in [-0.2, -0.15) is 0 Å². The molecular formula is C15H11BrF2N2. The lowest BCUT2D eigenvalue weighted by Crippen LogP contribution is -2.08. The van der Waals surface area contributed by atoms with Gasteiger partial charge in [-0.3, -0.25) is 0 Å². The van der Waals surface area contributed by atoms with Gasteiger partial charge in [0, 0.05) is 33.8 Å². The Morgan fingerprint density at radius 1 is 0.950 bits per heavy atom. The number of halogens is 3. The van der Waals surface area contributed by atoms with Gasteiger partial charge in [0.1, 0.15) is 0 Å². The molecule has 0 aliphatic heterocycles. The largest absolute Gasteiger partial charge is 0.364 e. The van der Waals surface area contributed by atoms with Crippen molar-refractivity contribution in [2.75, 3.05) is 0 Å². The molecule has 102 valence electrons. The van der Waals surface area contributed by atoms with E-state index in [1.807, 2.05) is 24.3 Å². The van der Waals surface area contributed by atoms with Crippen molar-refractivity contribution in [3.63, 3.8) is 0 Å². The van der Waals surface area contributed by atoms with Gasteiger partial charge in [-0.25, -0.2) is 8.78 Å². The fourth-order valence-electron chi connectivity index (χ4n) is 2.34. The minimum atomic E-state index is -0.863. The van der Waals surface area contributed by atoms with Crippen LogP contribution in [0.3, 0.4) is 0 Å². The van der Waals surface area contributed by atoms with Gasteiger partial charge in [-0.05, 0) is 36.4 Å². The molecule has 5 heteroatoms. The Balaban J connectivity index is 2.21. The molecule has 0 aliphatic rings. The van der Waals surface area contributed by atoms with Crippen LogP contribution in [0.15, 0.2) is 53.3 Å². The Hall–Kier alpha value is -1.88. The maximum atomic E-state index is 14.2. The van der Waals surface area contributed by atoms with Crippen LogP contribution in [0.5, 0.6) is 0 Å². The van der Waals surface area contributed by atoms with Crippen molar-refractivity contribution >= 4 is 15.9 Å². The summed E-state index contributed by atoms with van der Waals surface area (Å²) in [5.41, 5.74) is 1.87. The van der Waals surface area contributed by atoms with E-state index in [0.717, 1.165) is 17.5 Å². The van der Waals surface area contributed by atoms with Crippen molar-refractivity contribution in [2.45, 2.75) is 5.92 Å². The maximum absolute atomic E-state index is 14.2. The summed E-state index contributed by atoms with van der Waals surface area (Å²) in [5.74, 6) is -2.10. The Labute approximate surface area is 123 Å². The molecule has 2 nitrogen and oxygen atoms in total. The standard InChI is InChI=1S/C15H11BrF2N2/c16-9-7-10(15(18)11(17)8-9)14(12-3-1-5-19-12)13-4-2-6-20-13/h1-8,14,19-20H. The zero-order valence-corrected chi connectivity index (χ0v) is 11.9. The van der Waals surface area contributed by atoms with E-state index in [1.165, 1.54) is 0 Å². The van der Waals surface area contributed by atoms with Gasteiger partial charge in [0.05, 0.1) is 5.92 Å². The molecular weight excluding hydrogens is 326 g/mol. The van der Waals surface area contributed by atoms with Crippen LogP contribution in [-0.4, -0.2) is 9.97 Å². The van der Waals surface area contributed by atoms with Crippen LogP contribution in [0.1, 0.15) is 22.9 Å². The van der Waals surface area contributed by atoms with Gasteiger partial charge < -0.3 is 9.97 Å². The third kappa shape index (κ3) is 2.29. The first-order valence-corrected chi connectivity index (χ1v) is 6.87. The van der Waals surface area contributed by atoms with E-state index in [4.69, 9.17) is 0 Å². The second-order valence-corrected chi connectivity index (χ2v) is 5.39. The molecule has 0 atom stereocenters. The molecule has 1 aromatic carbocycles. The first kappa shape index (κ1) is 13.1. The highest BCUT2D eigenvalue weighted by Crippen LogP contribution is 2.34. The highest BCUT2D eigenvalue weighted by Gasteiger charge is 2.24. The lowest BCUT2D eigenvalue weighted by Gasteiger charge is -2.17. The van der Waals surface area contributed by atoms with Crippen LogP contribution in [0.2, 0.25) is 0 Å². The lowest BCUT2D eigenvalue weighted by atomic mass is 9.92. The summed E-state index contributed by atoms with van der Waals surface area (Å²) >= 11 is 3.21. The average molecular weight is 337 g/mol. The zero-order valence-electron chi connectivity index (χ0n) is 10.3. The fraction of sp³-hybridized carbons (Fsp3) is 0.0667. The molecule has 2 heterocycles. The maximum Gasteiger partial charge on any atom is 0.163 e. The number of hydrogen-bond donors (Lipinski definition) is 2. The monoisotopic (exact) mass is 336 g/mol. The minimum Gasteiger partial charge on any atom is -0.364 e. The third-order valence-corrected chi connectivity index (χ3v) is 3.66. The zero-order chi connectivity index (χ0) is 14.1. The van der Waals surface area contributed by atoms with Gasteiger partial charge in [0.2, 0.25) is 0 Å². The van der Waals surface area contributed by atoms with E-state index >= 15 is 0 Å². The highest BCUT2D eigenvalue weighted by molar-refractivity contribution is 9.10. The number of aromatic nitrogens is 2. The number of rotatable bonds is 3. The summed E-state index contributed by atoms with van der Waals surface area (Å²) in [7, 11) is 0. The van der Waals surface area contributed by atoms with Gasteiger partial charge in [-0.1, -0.05) is 15.9 Å². The third-order valence-electron chi connectivity index (χ3n) is 3.20. The van der Waals surface area contributed by atoms with Crippen LogP contribution in [0.4, 0.5) is 8.78 Å². The Kier molecular flexibility index (Phi) is 3.44. The fourth-order valence-corrected chi connectivity index (χ4v) is 2.78. The normalized spacial score (nSPS) is 11.2. The second kappa shape index (κ2) is 5.25. The SMILES string of the molecule is Fc1cc(Br)cc(C(c2ccc[nH]2)c2ccc[nH]2)c1F. The topological polar surface area (TPSA) is 31.6 Å². The summed E-state index contributed by atoms with van der Waals surface area (Å²) in [5, 5.41) is 0. The molecule has 0 amide bonds. The molecule has 0 aliphatic carbocycles. The molecule has 0 bridgehead atoms. The number of hydrogen-bond acceptors (Lipinski definition) is 0. The molecule has 0 radical (unpaired) electrons. The number of H-pyrrole nitrogens is 2. The van der Waals surface area contributed by atoms with Gasteiger partial charge in [0.15, 0.2) is 11.6 Å². The quantitative estimate of drug-likeness (QED) is 0.657. The van der Waals surface area contributed by atoms with E-state index in [0.29, 0.717) is 4.47 Å². The molecule has 2 N–H and O–H groups in total. The molecule has 20 heavy (non-hydrogen) atoms. The molecule has 0 unspecified atom stereocenters. The van der Waals surface area contributed by atoms with E-state index in [-0.39, 0.29) is 5.56 Å². The van der Waals surface area contributed by atoms with Crippen LogP contribution < -0.4 is 0 Å². The summed E-state index contributed by atoms with van der Waals surface area (Å²) < 4.78 is 28.4. The van der Waals surface area contributed by atoms with Crippen molar-refractivity contribution in [1.29, 1.82) is 0 Å². The van der Waals surface area contributed by atoms with Crippen molar-refractivity contribution in [3.8, 4) is 0 Å². The summed E-state index contributed by atoms with van der Waals surface area (Å²) in [6.45, 7) is 0. The van der Waals surface area contributed by atoms with Crippen LogP contribution in [0, 0.1) is 11.6 Å². The molecule has 2 aromatic heterocycles. The van der Waals surface area contributed by atoms with Crippen molar-refractivity contribution in [3.05, 3.63) is 81.9 Å². The minimum absolute atomic E-state index is 0.279. The lowest BCUT2D eigenvalue weighted by molar-refractivity contribution is 0.495. The smallest absolute Gasteiger partial charge is 0.163 e. The summed E-state index contributed by atoms with van der Waals surface area (Å²) in [6, 6.07) is 10.1. The van der Waals surface area contributed by atoms with Crippen LogP contribution in [0.25, 0.3) is 0 Å². The Morgan fingerprint density at radius 2 is 1.55 bits per heavy atom. The molecule has 3 rings (SSSR count). The first-order valence-electron chi connectivity index (χ1n) is 6.08. The van der Waals surface area contributed by atoms with Crippen LogP contribution in [-0.2, 0) is 0 Å². The number of benzene rings is 1. The molecule has 0 fully saturated rings. The average Bonchev–Trinajstić information content (AvgIpc) is 3.08. The van der Waals surface area contributed by atoms with Crippen molar-refractivity contribution in [2.24, 2.45) is 0 Å². The highest BCUT2D eigenvalue weighted by atomic mass is 79.9. The van der Waals surface area contributed by atoms with Gasteiger partial charge >= 0.3 is 0 Å². The molecule has 0 saturated carbocycles. The van der Waals surface area contributed by atoms with Crippen molar-refractivity contribution in [1.82, 2.24) is 9.97 Å². The molecule has 3 aromatic rings. The van der Waals surface area contributed by atoms with Gasteiger partial charge in [0.25, 0.3) is 0 Å². The predicted molar refractivity (Wildman–Crippen MR) is 76.6 cm³/mol. The summed E-state index contributed by atoms with van der Waals surface area (Å²) in [6.07, 6.45) is 3.52. The number of nitrogens with one attached hydrogen (secondary N) is 2. The van der Waals surface area contributed by atoms with Gasteiger partial charge in [-0.15, -0.1) is 0 Å². The Bertz CT molecular complexity index is 672. The van der Waals surface area contributed by atoms with Crippen LogP contribution >= 0.6 is 15.9 Å². The van der Waals surface area contributed by atoms with E-state index < -0.39 is 17.6 Å². The van der Waals surface area contributed by atoms with E-state index in [1.54, 1.807) is 18.5 Å². The first-order chi connectivity index (χ1) is 9.66. The second-order valence-electron chi connectivity index (χ2n) is 4.47. The van der Waals surface area contributed by atoms with E-state index in [9.17, 15) is 8.78 Å². The molecule has 0 spiro atoms. The number of aromatic amines is 2. The van der Waals surface area contributed by atoms with Crippen molar-refractivity contribution < 1.29 is 8.78 Å². The summed E-state index contributed by atoms with van der Waals surface area (Å²) in [4.78, 5) is 6.13. The van der Waals surface area contributed by atoms with E-state index in [2.05, 4.69) is 25.9 Å². The molecule has 0 saturated heterocycles. The Morgan fingerprint density at radius 3 is 2.05 bits per heavy atom. The predicted octanol–water partition coefficient (Wildman–Crippen LogP) is 4.56.